The molecule has 5 aromatic rings. The molecule has 4 heterocycles. The first-order valence-corrected chi connectivity index (χ1v) is 15.9. The lowest BCUT2D eigenvalue weighted by atomic mass is 9.97. The van der Waals surface area contributed by atoms with Crippen molar-refractivity contribution in [3.8, 4) is 11.4 Å². The Kier molecular flexibility index (Phi) is 10.1. The largest absolute Gasteiger partial charge is 0.416 e. The number of rotatable bonds is 10. The second-order valence-corrected chi connectivity index (χ2v) is 11.9. The predicted octanol–water partition coefficient (Wildman–Crippen LogP) is 5.84. The summed E-state index contributed by atoms with van der Waals surface area (Å²) in [6.45, 7) is -0.0775. The van der Waals surface area contributed by atoms with Gasteiger partial charge in [-0.3, -0.25) is 0 Å². The van der Waals surface area contributed by atoms with Crippen LogP contribution in [0.3, 0.4) is 0 Å². The van der Waals surface area contributed by atoms with Crippen molar-refractivity contribution in [1.82, 2.24) is 30.0 Å². The van der Waals surface area contributed by atoms with E-state index >= 15 is 0 Å². The maximum Gasteiger partial charge on any atom is 0.416 e. The third-order valence-corrected chi connectivity index (χ3v) is 8.44. The summed E-state index contributed by atoms with van der Waals surface area (Å²) >= 11 is 0. The van der Waals surface area contributed by atoms with Crippen molar-refractivity contribution in [3.05, 3.63) is 119 Å². The minimum absolute atomic E-state index is 0.102. The number of ether oxygens (including phenoxy) is 6. The number of benzene rings is 3. The first kappa shape index (κ1) is 35.7. The van der Waals surface area contributed by atoms with E-state index in [-0.39, 0.29) is 19.8 Å². The molecule has 52 heavy (non-hydrogen) atoms. The minimum atomic E-state index is -4.48. The molecule has 274 valence electrons. The van der Waals surface area contributed by atoms with Crippen LogP contribution in [0.2, 0.25) is 0 Å². The SMILES string of the molecule is CO[C@@H]1OC2COC(c3ccccc3)O[C@H]2[C@H](OCc2cn(-c3ccc(C(F)(F)F)cc3)nn2)C1OCc1cn(-c2ccc(C(F)(F)F)cc2)nn1. The maximum atomic E-state index is 13.1. The quantitative estimate of drug-likeness (QED) is 0.162. The van der Waals surface area contributed by atoms with Gasteiger partial charge in [-0.05, 0) is 48.5 Å². The van der Waals surface area contributed by atoms with Gasteiger partial charge in [0.2, 0.25) is 0 Å². The predicted molar refractivity (Wildman–Crippen MR) is 166 cm³/mol. The Morgan fingerprint density at radius 1 is 0.692 bits per heavy atom. The Labute approximate surface area is 291 Å². The van der Waals surface area contributed by atoms with Crippen LogP contribution in [-0.4, -0.2) is 74.4 Å². The Bertz CT molecular complexity index is 1920. The maximum absolute atomic E-state index is 13.1. The fourth-order valence-electron chi connectivity index (χ4n) is 5.83. The molecular weight excluding hydrogens is 702 g/mol. The number of nitrogens with zero attached hydrogens (tertiary/aromatic N) is 6. The summed E-state index contributed by atoms with van der Waals surface area (Å²) in [5.74, 6) is 0. The Morgan fingerprint density at radius 3 is 1.71 bits per heavy atom. The van der Waals surface area contributed by atoms with Crippen LogP contribution in [0.5, 0.6) is 0 Å². The van der Waals surface area contributed by atoms with Crippen LogP contribution < -0.4 is 0 Å². The summed E-state index contributed by atoms with van der Waals surface area (Å²) in [4.78, 5) is 0. The van der Waals surface area contributed by atoms with Gasteiger partial charge in [-0.2, -0.15) is 26.3 Å². The van der Waals surface area contributed by atoms with E-state index in [1.54, 1.807) is 0 Å². The van der Waals surface area contributed by atoms with Gasteiger partial charge < -0.3 is 28.4 Å². The molecule has 2 aliphatic rings. The lowest BCUT2D eigenvalue weighted by Crippen LogP contribution is -2.63. The highest BCUT2D eigenvalue weighted by Gasteiger charge is 2.51. The van der Waals surface area contributed by atoms with E-state index in [1.165, 1.54) is 53.1 Å². The fourth-order valence-corrected chi connectivity index (χ4v) is 5.83. The summed E-state index contributed by atoms with van der Waals surface area (Å²) in [7, 11) is 1.44. The van der Waals surface area contributed by atoms with E-state index in [9.17, 15) is 26.3 Å². The second kappa shape index (κ2) is 14.7. The summed E-state index contributed by atoms with van der Waals surface area (Å²) in [6.07, 6.45) is -10.7. The Morgan fingerprint density at radius 2 is 1.21 bits per heavy atom. The van der Waals surface area contributed by atoms with Crippen molar-refractivity contribution in [3.63, 3.8) is 0 Å². The molecule has 2 saturated heterocycles. The van der Waals surface area contributed by atoms with Gasteiger partial charge in [-0.15, -0.1) is 10.2 Å². The summed E-state index contributed by atoms with van der Waals surface area (Å²) in [5, 5.41) is 16.3. The van der Waals surface area contributed by atoms with Crippen LogP contribution in [0.4, 0.5) is 26.3 Å². The summed E-state index contributed by atoms with van der Waals surface area (Å²) in [6, 6.07) is 18.2. The summed E-state index contributed by atoms with van der Waals surface area (Å²) in [5.41, 5.74) is 0.622. The Balaban J connectivity index is 1.10. The van der Waals surface area contributed by atoms with E-state index < -0.39 is 60.5 Å². The molecular formula is C34H30F6N6O6. The molecule has 3 aromatic carbocycles. The topological polar surface area (TPSA) is 117 Å². The zero-order valence-electron chi connectivity index (χ0n) is 27.1. The molecule has 0 amide bonds. The number of halogens is 6. The van der Waals surface area contributed by atoms with Crippen LogP contribution in [0.15, 0.2) is 91.3 Å². The van der Waals surface area contributed by atoms with Gasteiger partial charge in [-0.25, -0.2) is 9.36 Å². The average molecular weight is 733 g/mol. The standard InChI is InChI=1S/C34H30F6N6O6/c1-47-32-30(49-18-24-16-46(44-42-24)26-13-9-22(10-14-26)34(38,39)40)29(28-27(51-32)19-50-31(52-28)20-5-3-2-4-6-20)48-17-23-15-45(43-41-23)25-11-7-21(8-12-25)33(35,36)37/h2-16,27-32H,17-19H2,1H3/t27?,28-,29+,30?,31?,32-/m1/s1. The highest BCUT2D eigenvalue weighted by molar-refractivity contribution is 5.36. The van der Waals surface area contributed by atoms with E-state index in [0.29, 0.717) is 22.8 Å². The van der Waals surface area contributed by atoms with Gasteiger partial charge in [0, 0.05) is 12.7 Å². The minimum Gasteiger partial charge on any atom is -0.366 e. The smallest absolute Gasteiger partial charge is 0.366 e. The third kappa shape index (κ3) is 7.86. The molecule has 2 aliphatic heterocycles. The molecule has 12 nitrogen and oxygen atoms in total. The number of methoxy groups -OCH3 is 1. The van der Waals surface area contributed by atoms with Gasteiger partial charge >= 0.3 is 12.4 Å². The highest BCUT2D eigenvalue weighted by atomic mass is 19.4. The van der Waals surface area contributed by atoms with Crippen molar-refractivity contribution in [2.75, 3.05) is 13.7 Å². The molecule has 3 unspecified atom stereocenters. The van der Waals surface area contributed by atoms with E-state index in [4.69, 9.17) is 28.4 Å². The number of aromatic nitrogens is 6. The van der Waals surface area contributed by atoms with Crippen molar-refractivity contribution in [1.29, 1.82) is 0 Å². The molecule has 2 aromatic heterocycles. The van der Waals surface area contributed by atoms with Gasteiger partial charge in [0.15, 0.2) is 12.6 Å². The lowest BCUT2D eigenvalue weighted by molar-refractivity contribution is -0.369. The summed E-state index contributed by atoms with van der Waals surface area (Å²) < 4.78 is 118. The Hall–Kier alpha value is -4.72. The highest BCUT2D eigenvalue weighted by Crippen LogP contribution is 2.37. The van der Waals surface area contributed by atoms with Crippen LogP contribution in [0.1, 0.15) is 34.4 Å². The van der Waals surface area contributed by atoms with E-state index in [1.807, 2.05) is 30.3 Å². The normalized spacial score (nSPS) is 23.8. The molecule has 2 fully saturated rings. The molecule has 0 N–H and O–H groups in total. The van der Waals surface area contributed by atoms with E-state index in [2.05, 4.69) is 20.6 Å². The molecule has 0 spiro atoms. The van der Waals surface area contributed by atoms with Gasteiger partial charge in [0.05, 0.1) is 54.7 Å². The number of alkyl halides is 6. The zero-order chi connectivity index (χ0) is 36.5. The first-order chi connectivity index (χ1) is 25.0. The van der Waals surface area contributed by atoms with Crippen molar-refractivity contribution >= 4 is 0 Å². The number of hydrogen-bond acceptors (Lipinski definition) is 10. The van der Waals surface area contributed by atoms with Gasteiger partial charge in [0.25, 0.3) is 0 Å². The van der Waals surface area contributed by atoms with Crippen molar-refractivity contribution in [2.24, 2.45) is 0 Å². The molecule has 0 aliphatic carbocycles. The van der Waals surface area contributed by atoms with Crippen LogP contribution in [0.25, 0.3) is 11.4 Å². The average Bonchev–Trinajstić information content (AvgIpc) is 3.83. The second-order valence-electron chi connectivity index (χ2n) is 11.9. The van der Waals surface area contributed by atoms with Crippen LogP contribution >= 0.6 is 0 Å². The van der Waals surface area contributed by atoms with Gasteiger partial charge in [0.1, 0.15) is 35.8 Å². The van der Waals surface area contributed by atoms with Crippen LogP contribution in [-0.2, 0) is 54.0 Å². The molecule has 7 rings (SSSR count). The van der Waals surface area contributed by atoms with Gasteiger partial charge in [-0.1, -0.05) is 40.8 Å². The molecule has 6 atom stereocenters. The first-order valence-electron chi connectivity index (χ1n) is 15.9. The lowest BCUT2D eigenvalue weighted by Gasteiger charge is -2.48. The van der Waals surface area contributed by atoms with Crippen LogP contribution in [0, 0.1) is 0 Å². The molecule has 18 heteroatoms. The molecule has 0 saturated carbocycles. The molecule has 0 radical (unpaired) electrons. The fraction of sp³-hybridized carbons (Fsp3) is 0.353. The van der Waals surface area contributed by atoms with Crippen molar-refractivity contribution < 1.29 is 54.8 Å². The number of hydrogen-bond donors (Lipinski definition) is 0. The molecule has 0 bridgehead atoms. The third-order valence-electron chi connectivity index (χ3n) is 8.44. The van der Waals surface area contributed by atoms with Crippen molar-refractivity contribution in [2.45, 2.75) is 62.6 Å². The zero-order valence-corrected chi connectivity index (χ0v) is 27.1. The monoisotopic (exact) mass is 732 g/mol. The van der Waals surface area contributed by atoms with E-state index in [0.717, 1.165) is 29.8 Å². The number of fused-ring (bicyclic) bond motifs is 1.